The van der Waals surface area contributed by atoms with E-state index in [0.717, 1.165) is 32.4 Å². The van der Waals surface area contributed by atoms with Gasteiger partial charge in [0, 0.05) is 20.0 Å². The molecule has 0 aromatic rings. The lowest BCUT2D eigenvalue weighted by Crippen LogP contribution is -2.48. The first kappa shape index (κ1) is 21.3. The van der Waals surface area contributed by atoms with E-state index in [1.165, 1.54) is 5.01 Å². The van der Waals surface area contributed by atoms with Gasteiger partial charge in [0.2, 0.25) is 0 Å². The number of hydrogen-bond acceptors (Lipinski definition) is 5. The molecular weight excluding hydrogens is 292 g/mol. The summed E-state index contributed by atoms with van der Waals surface area (Å²) in [7, 11) is 1.64. The number of ketones is 1. The van der Waals surface area contributed by atoms with Gasteiger partial charge in [-0.25, -0.2) is 5.43 Å². The molecule has 0 aromatic carbocycles. The van der Waals surface area contributed by atoms with Crippen molar-refractivity contribution in [3.8, 4) is 12.3 Å². The van der Waals surface area contributed by atoms with E-state index in [4.69, 9.17) is 6.42 Å². The van der Waals surface area contributed by atoms with Crippen molar-refractivity contribution in [3.63, 3.8) is 0 Å². The quantitative estimate of drug-likeness (QED) is 0.188. The standard InChI is InChI=1S/C17H30N4O2/c1-5-11-19-12-9-8-10-15(16(22)7-3)20-14-17(23)21(18-4)13-6-2/h2,5,15,18-20H,1,7-14H2,3-4H3/t15-/m0/s1. The number of hydrazine groups is 1. The fourth-order valence-corrected chi connectivity index (χ4v) is 2.12. The van der Waals surface area contributed by atoms with Crippen LogP contribution in [-0.2, 0) is 9.59 Å². The second-order valence-electron chi connectivity index (χ2n) is 5.15. The van der Waals surface area contributed by atoms with Crippen LogP contribution in [0.3, 0.4) is 0 Å². The average Bonchev–Trinajstić information content (AvgIpc) is 2.57. The van der Waals surface area contributed by atoms with Crippen molar-refractivity contribution in [2.75, 3.05) is 33.2 Å². The molecule has 0 fully saturated rings. The van der Waals surface area contributed by atoms with E-state index >= 15 is 0 Å². The number of rotatable bonds is 14. The van der Waals surface area contributed by atoms with Crippen molar-refractivity contribution in [2.24, 2.45) is 0 Å². The van der Waals surface area contributed by atoms with E-state index in [0.29, 0.717) is 6.42 Å². The Kier molecular flexibility index (Phi) is 12.9. The first-order valence-corrected chi connectivity index (χ1v) is 8.09. The van der Waals surface area contributed by atoms with E-state index in [-0.39, 0.29) is 30.8 Å². The predicted octanol–water partition coefficient (Wildman–Crippen LogP) is 0.466. The number of amides is 1. The number of nitrogens with one attached hydrogen (secondary N) is 3. The summed E-state index contributed by atoms with van der Waals surface area (Å²) >= 11 is 0. The van der Waals surface area contributed by atoms with Gasteiger partial charge in [0.15, 0.2) is 0 Å². The van der Waals surface area contributed by atoms with Crippen LogP contribution >= 0.6 is 0 Å². The van der Waals surface area contributed by atoms with E-state index in [2.05, 4.69) is 28.6 Å². The van der Waals surface area contributed by atoms with Crippen LogP contribution in [0.25, 0.3) is 0 Å². The third kappa shape index (κ3) is 9.84. The van der Waals surface area contributed by atoms with Gasteiger partial charge in [-0.1, -0.05) is 25.3 Å². The van der Waals surface area contributed by atoms with Gasteiger partial charge in [-0.15, -0.1) is 13.0 Å². The van der Waals surface area contributed by atoms with Crippen LogP contribution in [0.4, 0.5) is 0 Å². The molecule has 0 saturated carbocycles. The monoisotopic (exact) mass is 322 g/mol. The summed E-state index contributed by atoms with van der Waals surface area (Å²) in [6.45, 7) is 7.45. The minimum atomic E-state index is -0.284. The van der Waals surface area contributed by atoms with Crippen molar-refractivity contribution in [1.29, 1.82) is 0 Å². The molecule has 0 aliphatic rings. The molecule has 6 heteroatoms. The minimum absolute atomic E-state index is 0.0909. The molecular formula is C17H30N4O2. The lowest BCUT2D eigenvalue weighted by molar-refractivity contribution is -0.132. The molecule has 1 amide bonds. The predicted molar refractivity (Wildman–Crippen MR) is 93.6 cm³/mol. The zero-order valence-electron chi connectivity index (χ0n) is 14.4. The first-order chi connectivity index (χ1) is 11.1. The molecule has 0 aliphatic heterocycles. The van der Waals surface area contributed by atoms with Crippen LogP contribution < -0.4 is 16.1 Å². The maximum atomic E-state index is 12.0. The molecule has 0 aliphatic carbocycles. The lowest BCUT2D eigenvalue weighted by atomic mass is 10.0. The van der Waals surface area contributed by atoms with Crippen molar-refractivity contribution in [3.05, 3.63) is 12.7 Å². The molecule has 0 heterocycles. The van der Waals surface area contributed by atoms with Gasteiger partial charge < -0.3 is 5.32 Å². The maximum absolute atomic E-state index is 12.0. The molecule has 0 bridgehead atoms. The molecule has 0 rings (SSSR count). The SMILES string of the molecule is C#CCN(NC)C(=O)CN[C@@H](CCCCNCC=C)C(=O)CC. The largest absolute Gasteiger partial charge is 0.313 e. The summed E-state index contributed by atoms with van der Waals surface area (Å²) in [6.07, 6.45) is 10.1. The van der Waals surface area contributed by atoms with Crippen molar-refractivity contribution in [2.45, 2.75) is 38.6 Å². The highest BCUT2D eigenvalue weighted by atomic mass is 16.2. The zero-order valence-corrected chi connectivity index (χ0v) is 14.4. The molecule has 6 nitrogen and oxygen atoms in total. The van der Waals surface area contributed by atoms with Gasteiger partial charge in [-0.3, -0.25) is 19.9 Å². The van der Waals surface area contributed by atoms with Crippen LogP contribution in [0.1, 0.15) is 32.6 Å². The van der Waals surface area contributed by atoms with Crippen LogP contribution in [0, 0.1) is 12.3 Å². The molecule has 23 heavy (non-hydrogen) atoms. The van der Waals surface area contributed by atoms with Gasteiger partial charge >= 0.3 is 0 Å². The van der Waals surface area contributed by atoms with Crippen LogP contribution in [0.5, 0.6) is 0 Å². The molecule has 3 N–H and O–H groups in total. The Labute approximate surface area is 140 Å². The Hall–Kier alpha value is -1.68. The van der Waals surface area contributed by atoms with Gasteiger partial charge in [-0.05, 0) is 19.4 Å². The van der Waals surface area contributed by atoms with Crippen LogP contribution in [0.2, 0.25) is 0 Å². The first-order valence-electron chi connectivity index (χ1n) is 8.09. The number of terminal acetylenes is 1. The molecule has 0 saturated heterocycles. The number of hydrogen-bond donors (Lipinski definition) is 3. The second kappa shape index (κ2) is 13.9. The molecule has 0 unspecified atom stereocenters. The molecule has 130 valence electrons. The highest BCUT2D eigenvalue weighted by molar-refractivity contribution is 5.85. The summed E-state index contributed by atoms with van der Waals surface area (Å²) in [4.78, 5) is 24.0. The highest BCUT2D eigenvalue weighted by Gasteiger charge is 2.18. The second-order valence-corrected chi connectivity index (χ2v) is 5.15. The van der Waals surface area contributed by atoms with Crippen molar-refractivity contribution >= 4 is 11.7 Å². The van der Waals surface area contributed by atoms with Crippen molar-refractivity contribution < 1.29 is 9.59 Å². The summed E-state index contributed by atoms with van der Waals surface area (Å²) in [6, 6.07) is -0.284. The molecule has 0 aromatic heterocycles. The fraction of sp³-hybridized carbons (Fsp3) is 0.647. The van der Waals surface area contributed by atoms with E-state index in [1.54, 1.807) is 7.05 Å². The number of Topliss-reactive ketones (excluding diaryl/α,β-unsaturated/α-hetero) is 1. The lowest BCUT2D eigenvalue weighted by Gasteiger charge is -2.21. The van der Waals surface area contributed by atoms with Gasteiger partial charge in [0.25, 0.3) is 5.91 Å². The molecule has 0 spiro atoms. The Morgan fingerprint density at radius 1 is 1.39 bits per heavy atom. The Morgan fingerprint density at radius 2 is 2.13 bits per heavy atom. The normalized spacial score (nSPS) is 11.5. The number of carbonyl (C=O) groups excluding carboxylic acids is 2. The Balaban J connectivity index is 4.24. The number of nitrogens with zero attached hydrogens (tertiary/aromatic N) is 1. The van der Waals surface area contributed by atoms with Crippen molar-refractivity contribution in [1.82, 2.24) is 21.1 Å². The van der Waals surface area contributed by atoms with E-state index < -0.39 is 0 Å². The third-order valence-corrected chi connectivity index (χ3v) is 3.44. The van der Waals surface area contributed by atoms with Crippen LogP contribution in [-0.4, -0.2) is 56.0 Å². The summed E-state index contributed by atoms with van der Waals surface area (Å²) in [5.41, 5.74) is 2.74. The number of unbranched alkanes of at least 4 members (excludes halogenated alkanes) is 1. The summed E-state index contributed by atoms with van der Waals surface area (Å²) in [5.74, 6) is 2.37. The van der Waals surface area contributed by atoms with Gasteiger partial charge in [-0.2, -0.15) is 0 Å². The topological polar surface area (TPSA) is 73.5 Å². The maximum Gasteiger partial charge on any atom is 0.251 e. The Bertz CT molecular complexity index is 404. The zero-order chi connectivity index (χ0) is 17.5. The molecule has 1 atom stereocenters. The fourth-order valence-electron chi connectivity index (χ4n) is 2.12. The smallest absolute Gasteiger partial charge is 0.251 e. The van der Waals surface area contributed by atoms with E-state index in [1.807, 2.05) is 13.0 Å². The van der Waals surface area contributed by atoms with Gasteiger partial charge in [0.1, 0.15) is 5.78 Å². The third-order valence-electron chi connectivity index (χ3n) is 3.44. The Morgan fingerprint density at radius 3 is 2.70 bits per heavy atom. The number of carbonyl (C=O) groups is 2. The summed E-state index contributed by atoms with van der Waals surface area (Å²) < 4.78 is 0. The highest BCUT2D eigenvalue weighted by Crippen LogP contribution is 2.04. The summed E-state index contributed by atoms with van der Waals surface area (Å²) in [5, 5.41) is 7.63. The van der Waals surface area contributed by atoms with Crippen LogP contribution in [0.15, 0.2) is 12.7 Å². The van der Waals surface area contributed by atoms with Gasteiger partial charge in [0.05, 0.1) is 19.1 Å². The average molecular weight is 322 g/mol. The molecule has 0 radical (unpaired) electrons. The minimum Gasteiger partial charge on any atom is -0.313 e. The van der Waals surface area contributed by atoms with E-state index in [9.17, 15) is 9.59 Å².